The second-order valence-electron chi connectivity index (χ2n) is 7.61. The number of nitrogens with one attached hydrogen (secondary N) is 1. The van der Waals surface area contributed by atoms with Gasteiger partial charge in [0.25, 0.3) is 10.0 Å². The van der Waals surface area contributed by atoms with Crippen LogP contribution in [0.25, 0.3) is 0 Å². The van der Waals surface area contributed by atoms with Gasteiger partial charge in [-0.3, -0.25) is 9.59 Å². The predicted octanol–water partition coefficient (Wildman–Crippen LogP) is 0.643. The zero-order chi connectivity index (χ0) is 19.8. The Balaban J connectivity index is 1.60. The quantitative estimate of drug-likeness (QED) is 0.725. The van der Waals surface area contributed by atoms with E-state index in [1.165, 1.54) is 10.5 Å². The Morgan fingerprint density at radius 3 is 2.41 bits per heavy atom. The third-order valence-corrected chi connectivity index (χ3v) is 7.47. The van der Waals surface area contributed by atoms with E-state index in [0.29, 0.717) is 31.5 Å². The van der Waals surface area contributed by atoms with Crippen molar-refractivity contribution in [2.24, 2.45) is 13.0 Å². The van der Waals surface area contributed by atoms with E-state index in [1.54, 1.807) is 18.5 Å². The van der Waals surface area contributed by atoms with Gasteiger partial charge in [-0.05, 0) is 39.0 Å². The van der Waals surface area contributed by atoms with Gasteiger partial charge in [0.2, 0.25) is 5.91 Å². The van der Waals surface area contributed by atoms with Crippen LogP contribution < -0.4 is 5.32 Å². The highest BCUT2D eigenvalue weighted by Gasteiger charge is 2.42. The number of carboxylic acids is 1. The van der Waals surface area contributed by atoms with Crippen LogP contribution in [0, 0.1) is 12.8 Å². The number of sulfonamides is 1. The van der Waals surface area contributed by atoms with Crippen LogP contribution in [0.3, 0.4) is 0 Å². The van der Waals surface area contributed by atoms with Crippen LogP contribution in [0.15, 0.2) is 11.2 Å². The van der Waals surface area contributed by atoms with Crippen molar-refractivity contribution in [3.63, 3.8) is 0 Å². The molecule has 0 bridgehead atoms. The number of imidazole rings is 1. The summed E-state index contributed by atoms with van der Waals surface area (Å²) >= 11 is 0. The Hall–Kier alpha value is -1.94. The Morgan fingerprint density at radius 2 is 1.96 bits per heavy atom. The summed E-state index contributed by atoms with van der Waals surface area (Å²) in [4.78, 5) is 27.7. The van der Waals surface area contributed by atoms with E-state index in [4.69, 9.17) is 5.11 Å². The van der Waals surface area contributed by atoms with Crippen LogP contribution in [-0.4, -0.2) is 57.9 Å². The highest BCUT2D eigenvalue weighted by Crippen LogP contribution is 2.36. The fraction of sp³-hybridized carbons (Fsp3) is 0.706. The number of carbonyl (C=O) groups excluding carboxylic acids is 1. The van der Waals surface area contributed by atoms with E-state index >= 15 is 0 Å². The van der Waals surface area contributed by atoms with Gasteiger partial charge in [0.05, 0.1) is 12.0 Å². The van der Waals surface area contributed by atoms with Gasteiger partial charge in [-0.1, -0.05) is 0 Å². The molecule has 3 rings (SSSR count). The Morgan fingerprint density at radius 1 is 1.33 bits per heavy atom. The maximum Gasteiger partial charge on any atom is 0.305 e. The molecule has 1 aromatic heterocycles. The first-order chi connectivity index (χ1) is 12.6. The molecule has 1 saturated heterocycles. The van der Waals surface area contributed by atoms with Crippen molar-refractivity contribution in [2.45, 2.75) is 56.0 Å². The van der Waals surface area contributed by atoms with Crippen molar-refractivity contribution < 1.29 is 23.1 Å². The highest BCUT2D eigenvalue weighted by molar-refractivity contribution is 7.89. The number of carbonyl (C=O) groups is 2. The molecular formula is C17H26N4O5S. The molecule has 1 saturated carbocycles. The van der Waals surface area contributed by atoms with Gasteiger partial charge in [0.15, 0.2) is 5.03 Å². The number of carboxylic acid groups (broad SMARTS) is 1. The highest BCUT2D eigenvalue weighted by atomic mass is 32.2. The summed E-state index contributed by atoms with van der Waals surface area (Å²) in [5.74, 6) is -0.761. The monoisotopic (exact) mass is 398 g/mol. The molecular weight excluding hydrogens is 372 g/mol. The molecule has 150 valence electrons. The molecule has 0 spiro atoms. The minimum absolute atomic E-state index is 0.0280. The zero-order valence-corrected chi connectivity index (χ0v) is 16.5. The first-order valence-corrected chi connectivity index (χ1v) is 10.6. The molecule has 0 radical (unpaired) electrons. The molecule has 10 heteroatoms. The minimum Gasteiger partial charge on any atom is -0.481 e. The van der Waals surface area contributed by atoms with E-state index in [1.807, 2.05) is 0 Å². The number of amides is 1. The van der Waals surface area contributed by atoms with E-state index < -0.39 is 21.5 Å². The average Bonchev–Trinajstić information content (AvgIpc) is 2.92. The number of hydrogen-bond donors (Lipinski definition) is 2. The Labute approximate surface area is 158 Å². The Kier molecular flexibility index (Phi) is 5.31. The molecule has 0 unspecified atom stereocenters. The van der Waals surface area contributed by atoms with E-state index in [2.05, 4.69) is 10.3 Å². The molecule has 2 heterocycles. The molecule has 0 atom stereocenters. The van der Waals surface area contributed by atoms with Crippen molar-refractivity contribution in [3.8, 4) is 0 Å². The van der Waals surface area contributed by atoms with Gasteiger partial charge in [0, 0.05) is 32.3 Å². The normalized spacial score (nSPS) is 20.8. The number of nitrogens with zero attached hydrogens (tertiary/aromatic N) is 3. The first-order valence-electron chi connectivity index (χ1n) is 9.17. The van der Waals surface area contributed by atoms with Gasteiger partial charge >= 0.3 is 5.97 Å². The molecule has 1 aliphatic heterocycles. The van der Waals surface area contributed by atoms with Gasteiger partial charge in [-0.2, -0.15) is 4.31 Å². The second-order valence-corrected chi connectivity index (χ2v) is 9.49. The average molecular weight is 398 g/mol. The lowest BCUT2D eigenvalue weighted by atomic mass is 9.74. The van der Waals surface area contributed by atoms with E-state index in [0.717, 1.165) is 6.42 Å². The fourth-order valence-corrected chi connectivity index (χ4v) is 5.24. The summed E-state index contributed by atoms with van der Waals surface area (Å²) in [5, 5.41) is 12.0. The van der Waals surface area contributed by atoms with Gasteiger partial charge in [0.1, 0.15) is 5.82 Å². The maximum atomic E-state index is 12.7. The minimum atomic E-state index is -3.67. The maximum absolute atomic E-state index is 12.7. The van der Waals surface area contributed by atoms with E-state index in [-0.39, 0.29) is 36.4 Å². The summed E-state index contributed by atoms with van der Waals surface area (Å²) in [7, 11) is -1.92. The lowest BCUT2D eigenvalue weighted by Crippen LogP contribution is -2.57. The van der Waals surface area contributed by atoms with Crippen LogP contribution in [-0.2, 0) is 26.7 Å². The first kappa shape index (κ1) is 19.8. The molecule has 9 nitrogen and oxygen atoms in total. The molecule has 2 aliphatic rings. The molecule has 2 N–H and O–H groups in total. The van der Waals surface area contributed by atoms with Crippen LogP contribution in [0.5, 0.6) is 0 Å². The van der Waals surface area contributed by atoms with Crippen molar-refractivity contribution >= 4 is 21.9 Å². The summed E-state index contributed by atoms with van der Waals surface area (Å²) in [6.07, 6.45) is 4.53. The summed E-state index contributed by atoms with van der Waals surface area (Å²) in [6.45, 7) is 2.24. The summed E-state index contributed by atoms with van der Waals surface area (Å²) in [5.41, 5.74) is -0.627. The molecule has 1 amide bonds. The smallest absolute Gasteiger partial charge is 0.305 e. The number of aromatic nitrogens is 2. The second kappa shape index (κ2) is 7.23. The van der Waals surface area contributed by atoms with Crippen molar-refractivity contribution in [1.29, 1.82) is 0 Å². The number of aryl methyl sites for hydroxylation is 2. The lowest BCUT2D eigenvalue weighted by Gasteiger charge is -2.43. The van der Waals surface area contributed by atoms with Crippen LogP contribution >= 0.6 is 0 Å². The van der Waals surface area contributed by atoms with Gasteiger partial charge in [-0.15, -0.1) is 0 Å². The SMILES string of the molecule is Cc1nc(S(=O)(=O)N2CCC(C(=O)NC3(CC(=O)O)CCC3)CC2)cn1C. The van der Waals surface area contributed by atoms with E-state index in [9.17, 15) is 18.0 Å². The van der Waals surface area contributed by atoms with Crippen molar-refractivity contribution in [1.82, 2.24) is 19.2 Å². The van der Waals surface area contributed by atoms with Gasteiger partial charge in [-0.25, -0.2) is 13.4 Å². The Bertz CT molecular complexity index is 816. The van der Waals surface area contributed by atoms with Gasteiger partial charge < -0.3 is 15.0 Å². The fourth-order valence-electron chi connectivity index (χ4n) is 3.74. The lowest BCUT2D eigenvalue weighted by molar-refractivity contribution is -0.141. The van der Waals surface area contributed by atoms with Crippen LogP contribution in [0.4, 0.5) is 0 Å². The number of hydrogen-bond acceptors (Lipinski definition) is 5. The topological polar surface area (TPSA) is 122 Å². The number of rotatable bonds is 6. The molecule has 2 fully saturated rings. The summed E-state index contributed by atoms with van der Waals surface area (Å²) in [6, 6.07) is 0. The molecule has 1 aromatic rings. The standard InChI is InChI=1S/C17H26N4O5S/c1-12-18-14(11-20(12)2)27(25,26)21-8-4-13(5-9-21)16(24)19-17(6-3-7-17)10-15(22)23/h11,13H,3-10H2,1-2H3,(H,19,24)(H,22,23). The third kappa shape index (κ3) is 4.01. The number of aliphatic carboxylic acids is 1. The third-order valence-electron chi connectivity index (χ3n) is 5.70. The van der Waals surface area contributed by atoms with Crippen LogP contribution in [0.1, 0.15) is 44.3 Å². The molecule has 0 aromatic carbocycles. The predicted molar refractivity (Wildman–Crippen MR) is 96.4 cm³/mol. The van der Waals surface area contributed by atoms with Crippen molar-refractivity contribution in [3.05, 3.63) is 12.0 Å². The molecule has 27 heavy (non-hydrogen) atoms. The zero-order valence-electron chi connectivity index (χ0n) is 15.6. The van der Waals surface area contributed by atoms with Crippen LogP contribution in [0.2, 0.25) is 0 Å². The number of piperidine rings is 1. The van der Waals surface area contributed by atoms with Crippen molar-refractivity contribution in [2.75, 3.05) is 13.1 Å². The summed E-state index contributed by atoms with van der Waals surface area (Å²) < 4.78 is 28.5. The molecule has 1 aliphatic carbocycles. The largest absolute Gasteiger partial charge is 0.481 e.